The van der Waals surface area contributed by atoms with Crippen LogP contribution >= 0.6 is 12.2 Å². The van der Waals surface area contributed by atoms with E-state index in [1.807, 2.05) is 69.3 Å². The summed E-state index contributed by atoms with van der Waals surface area (Å²) in [4.78, 5) is 0. The van der Waals surface area contributed by atoms with Gasteiger partial charge in [0, 0.05) is 6.04 Å². The van der Waals surface area contributed by atoms with Gasteiger partial charge in [0.25, 0.3) is 0 Å². The number of ether oxygens (including phenoxy) is 2. The van der Waals surface area contributed by atoms with E-state index < -0.39 is 0 Å². The first-order valence-corrected chi connectivity index (χ1v) is 8.06. The van der Waals surface area contributed by atoms with Crippen LogP contribution in [0.5, 0.6) is 17.2 Å². The Labute approximate surface area is 142 Å². The highest BCUT2D eigenvalue weighted by Crippen LogP contribution is 2.30. The second-order valence-electron chi connectivity index (χ2n) is 5.26. The van der Waals surface area contributed by atoms with Crippen molar-refractivity contribution in [2.45, 2.75) is 26.8 Å². The molecule has 4 nitrogen and oxygen atoms in total. The number of hydrogen-bond acceptors (Lipinski definition) is 3. The van der Waals surface area contributed by atoms with Crippen molar-refractivity contribution in [2.24, 2.45) is 0 Å². The molecule has 2 aromatic carbocycles. The fourth-order valence-electron chi connectivity index (χ4n) is 1.98. The number of para-hydroxylation sites is 2. The molecule has 0 fully saturated rings. The molecule has 0 atom stereocenters. The zero-order valence-electron chi connectivity index (χ0n) is 13.6. The van der Waals surface area contributed by atoms with E-state index in [4.69, 9.17) is 21.7 Å². The lowest BCUT2D eigenvalue weighted by Crippen LogP contribution is -2.33. The molecule has 0 unspecified atom stereocenters. The molecule has 23 heavy (non-hydrogen) atoms. The highest BCUT2D eigenvalue weighted by molar-refractivity contribution is 7.80. The molecule has 0 aromatic heterocycles. The van der Waals surface area contributed by atoms with Gasteiger partial charge in [0.1, 0.15) is 11.5 Å². The van der Waals surface area contributed by atoms with Gasteiger partial charge in [-0.3, -0.25) is 0 Å². The van der Waals surface area contributed by atoms with Crippen LogP contribution in [0.2, 0.25) is 0 Å². The maximum atomic E-state index is 5.94. The average Bonchev–Trinajstić information content (AvgIpc) is 2.50. The minimum atomic E-state index is 0.272. The normalized spacial score (nSPS) is 10.3. The third-order valence-corrected chi connectivity index (χ3v) is 3.14. The van der Waals surface area contributed by atoms with E-state index in [2.05, 4.69) is 10.6 Å². The molecule has 2 rings (SSSR count). The lowest BCUT2D eigenvalue weighted by Gasteiger charge is -2.16. The highest BCUT2D eigenvalue weighted by atomic mass is 32.1. The Balaban J connectivity index is 2.09. The van der Waals surface area contributed by atoms with Gasteiger partial charge in [-0.15, -0.1) is 0 Å². The summed E-state index contributed by atoms with van der Waals surface area (Å²) in [5.41, 5.74) is 0.819. The number of hydrogen-bond donors (Lipinski definition) is 2. The van der Waals surface area contributed by atoms with Crippen molar-refractivity contribution in [3.05, 3.63) is 48.5 Å². The zero-order valence-corrected chi connectivity index (χ0v) is 14.4. The Bertz CT molecular complexity index is 642. The quantitative estimate of drug-likeness (QED) is 0.759. The minimum Gasteiger partial charge on any atom is -0.494 e. The number of benzene rings is 2. The van der Waals surface area contributed by atoms with Crippen molar-refractivity contribution in [2.75, 3.05) is 11.9 Å². The Morgan fingerprint density at radius 1 is 1.04 bits per heavy atom. The van der Waals surface area contributed by atoms with Gasteiger partial charge in [-0.1, -0.05) is 12.1 Å². The Hall–Kier alpha value is -2.27. The van der Waals surface area contributed by atoms with Crippen molar-refractivity contribution in [1.29, 1.82) is 0 Å². The molecule has 0 radical (unpaired) electrons. The largest absolute Gasteiger partial charge is 0.494 e. The molecule has 0 saturated heterocycles. The van der Waals surface area contributed by atoms with Gasteiger partial charge in [-0.2, -0.15) is 0 Å². The number of rotatable bonds is 6. The summed E-state index contributed by atoms with van der Waals surface area (Å²) in [5.74, 6) is 2.28. The standard InChI is InChI=1S/C18H22N2O2S/c1-4-21-14-9-11-15(12-10-14)22-17-8-6-5-7-16(17)20-18(23)19-13(2)3/h5-13H,4H2,1-3H3,(H2,19,20,23). The monoisotopic (exact) mass is 330 g/mol. The smallest absolute Gasteiger partial charge is 0.171 e. The SMILES string of the molecule is CCOc1ccc(Oc2ccccc2NC(=S)NC(C)C)cc1. The molecular formula is C18H22N2O2S. The molecular weight excluding hydrogens is 308 g/mol. The molecule has 0 aliphatic heterocycles. The molecule has 0 bridgehead atoms. The summed E-state index contributed by atoms with van der Waals surface area (Å²) in [6, 6.07) is 15.5. The van der Waals surface area contributed by atoms with Crippen LogP contribution in [0.15, 0.2) is 48.5 Å². The summed E-state index contributed by atoms with van der Waals surface area (Å²) in [7, 11) is 0. The molecule has 2 aromatic rings. The van der Waals surface area contributed by atoms with Crippen molar-refractivity contribution in [3.63, 3.8) is 0 Å². The van der Waals surface area contributed by atoms with E-state index in [1.165, 1.54) is 0 Å². The number of thiocarbonyl (C=S) groups is 1. The van der Waals surface area contributed by atoms with Crippen LogP contribution in [0.1, 0.15) is 20.8 Å². The number of nitrogens with one attached hydrogen (secondary N) is 2. The highest BCUT2D eigenvalue weighted by Gasteiger charge is 2.07. The molecule has 2 N–H and O–H groups in total. The van der Waals surface area contributed by atoms with Crippen molar-refractivity contribution < 1.29 is 9.47 Å². The van der Waals surface area contributed by atoms with Gasteiger partial charge >= 0.3 is 0 Å². The molecule has 0 amide bonds. The molecule has 5 heteroatoms. The molecule has 0 saturated carbocycles. The van der Waals surface area contributed by atoms with E-state index >= 15 is 0 Å². The van der Waals surface area contributed by atoms with Gasteiger partial charge in [0.05, 0.1) is 12.3 Å². The summed E-state index contributed by atoms with van der Waals surface area (Å²) < 4.78 is 11.4. The van der Waals surface area contributed by atoms with E-state index in [9.17, 15) is 0 Å². The third-order valence-electron chi connectivity index (χ3n) is 2.92. The maximum absolute atomic E-state index is 5.94. The second-order valence-corrected chi connectivity index (χ2v) is 5.66. The van der Waals surface area contributed by atoms with Crippen LogP contribution in [-0.4, -0.2) is 17.8 Å². The van der Waals surface area contributed by atoms with Gasteiger partial charge < -0.3 is 20.1 Å². The Morgan fingerprint density at radius 2 is 1.70 bits per heavy atom. The molecule has 0 aliphatic carbocycles. The fourth-order valence-corrected chi connectivity index (χ4v) is 2.32. The number of anilines is 1. The van der Waals surface area contributed by atoms with Crippen molar-refractivity contribution in [1.82, 2.24) is 5.32 Å². The van der Waals surface area contributed by atoms with Crippen LogP contribution in [0.4, 0.5) is 5.69 Å². The van der Waals surface area contributed by atoms with Gasteiger partial charge in [-0.25, -0.2) is 0 Å². The van der Waals surface area contributed by atoms with Crippen molar-refractivity contribution >= 4 is 23.0 Å². The predicted molar refractivity (Wildman–Crippen MR) is 98.6 cm³/mol. The van der Waals surface area contributed by atoms with Gasteiger partial charge in [0.2, 0.25) is 0 Å². The Morgan fingerprint density at radius 3 is 2.35 bits per heavy atom. The topological polar surface area (TPSA) is 42.5 Å². The maximum Gasteiger partial charge on any atom is 0.171 e. The van der Waals surface area contributed by atoms with Crippen LogP contribution in [0.25, 0.3) is 0 Å². The lowest BCUT2D eigenvalue weighted by molar-refractivity contribution is 0.339. The van der Waals surface area contributed by atoms with E-state index in [1.54, 1.807) is 0 Å². The van der Waals surface area contributed by atoms with Crippen LogP contribution < -0.4 is 20.1 Å². The third kappa shape index (κ3) is 5.45. The summed E-state index contributed by atoms with van der Waals surface area (Å²) in [6.07, 6.45) is 0. The van der Waals surface area contributed by atoms with Crippen LogP contribution in [-0.2, 0) is 0 Å². The van der Waals surface area contributed by atoms with E-state index in [0.29, 0.717) is 17.5 Å². The molecule has 0 spiro atoms. The first-order chi connectivity index (χ1) is 11.1. The van der Waals surface area contributed by atoms with E-state index in [-0.39, 0.29) is 6.04 Å². The summed E-state index contributed by atoms with van der Waals surface area (Å²) in [6.45, 7) is 6.68. The summed E-state index contributed by atoms with van der Waals surface area (Å²) in [5, 5.41) is 6.89. The first kappa shape index (κ1) is 17.1. The molecule has 0 aliphatic rings. The Kier molecular flexibility index (Phi) is 6.23. The second kappa shape index (κ2) is 8.39. The zero-order chi connectivity index (χ0) is 16.7. The first-order valence-electron chi connectivity index (χ1n) is 7.65. The summed E-state index contributed by atoms with van der Waals surface area (Å²) >= 11 is 5.29. The molecule has 0 heterocycles. The predicted octanol–water partition coefficient (Wildman–Crippen LogP) is 4.57. The fraction of sp³-hybridized carbons (Fsp3) is 0.278. The van der Waals surface area contributed by atoms with Crippen LogP contribution in [0.3, 0.4) is 0 Å². The lowest BCUT2D eigenvalue weighted by atomic mass is 10.3. The minimum absolute atomic E-state index is 0.272. The van der Waals surface area contributed by atoms with Crippen molar-refractivity contribution in [3.8, 4) is 17.2 Å². The van der Waals surface area contributed by atoms with Gasteiger partial charge in [-0.05, 0) is 69.4 Å². The molecule has 122 valence electrons. The van der Waals surface area contributed by atoms with Gasteiger partial charge in [0.15, 0.2) is 10.9 Å². The van der Waals surface area contributed by atoms with E-state index in [0.717, 1.165) is 17.2 Å². The average molecular weight is 330 g/mol. The van der Waals surface area contributed by atoms with Crippen LogP contribution in [0, 0.1) is 0 Å².